The molecule has 2 aromatic rings. The van der Waals surface area contributed by atoms with E-state index in [0.717, 1.165) is 12.1 Å². The first kappa shape index (κ1) is 11.6. The van der Waals surface area contributed by atoms with Gasteiger partial charge in [0, 0.05) is 12.5 Å². The number of nitrogens with zero attached hydrogens (tertiary/aromatic N) is 2. The lowest BCUT2D eigenvalue weighted by Crippen LogP contribution is -2.09. The van der Waals surface area contributed by atoms with Gasteiger partial charge in [-0.2, -0.15) is 13.9 Å². The molecule has 2 rings (SSSR count). The Morgan fingerprint density at radius 3 is 2.41 bits per heavy atom. The van der Waals surface area contributed by atoms with Crippen molar-refractivity contribution in [2.45, 2.75) is 12.8 Å². The maximum atomic E-state index is 12.9. The van der Waals surface area contributed by atoms with Gasteiger partial charge in [-0.3, -0.25) is 5.10 Å². The van der Waals surface area contributed by atoms with E-state index in [1.807, 2.05) is 0 Å². The van der Waals surface area contributed by atoms with Crippen molar-refractivity contribution in [1.82, 2.24) is 15.2 Å². The summed E-state index contributed by atoms with van der Waals surface area (Å²) in [7, 11) is 0. The Bertz CT molecular complexity index is 545. The number of aromatic amines is 1. The van der Waals surface area contributed by atoms with Crippen molar-refractivity contribution < 1.29 is 17.6 Å². The molecule has 1 heterocycles. The predicted molar refractivity (Wildman–Crippen MR) is 51.3 cm³/mol. The molecule has 0 amide bonds. The van der Waals surface area contributed by atoms with Gasteiger partial charge in [0.15, 0.2) is 23.3 Å². The molecule has 0 saturated heterocycles. The molecule has 0 fully saturated rings. The molecule has 0 unspecified atom stereocenters. The summed E-state index contributed by atoms with van der Waals surface area (Å²) in [6, 6.07) is 2.93. The molecular formula is C10H7F4N3. The number of rotatable bonds is 2. The third kappa shape index (κ3) is 2.27. The third-order valence-electron chi connectivity index (χ3n) is 2.08. The summed E-state index contributed by atoms with van der Waals surface area (Å²) < 4.78 is 51.3. The molecule has 0 aliphatic rings. The lowest BCUT2D eigenvalue weighted by Gasteiger charge is -2.03. The van der Waals surface area contributed by atoms with Gasteiger partial charge in [-0.05, 0) is 18.2 Å². The first-order chi connectivity index (χ1) is 7.88. The molecular weight excluding hydrogens is 238 g/mol. The second-order valence-corrected chi connectivity index (χ2v) is 3.52. The fourth-order valence-corrected chi connectivity index (χ4v) is 1.22. The van der Waals surface area contributed by atoms with Gasteiger partial charge in [-0.25, -0.2) is 13.8 Å². The molecule has 17 heavy (non-hydrogen) atoms. The minimum absolute atomic E-state index is 0.111. The Labute approximate surface area is 93.5 Å². The average Bonchev–Trinajstić information content (AvgIpc) is 2.70. The molecule has 90 valence electrons. The number of benzene rings is 1. The number of hydrogen-bond acceptors (Lipinski definition) is 2. The van der Waals surface area contributed by atoms with E-state index >= 15 is 0 Å². The van der Waals surface area contributed by atoms with Gasteiger partial charge in [0.25, 0.3) is 0 Å². The number of alkyl halides is 2. The van der Waals surface area contributed by atoms with Crippen molar-refractivity contribution in [3.05, 3.63) is 35.7 Å². The van der Waals surface area contributed by atoms with E-state index in [1.165, 1.54) is 6.07 Å². The van der Waals surface area contributed by atoms with Gasteiger partial charge < -0.3 is 0 Å². The van der Waals surface area contributed by atoms with Crippen LogP contribution in [0.2, 0.25) is 0 Å². The Morgan fingerprint density at radius 1 is 1.18 bits per heavy atom. The normalized spacial score (nSPS) is 11.8. The zero-order valence-corrected chi connectivity index (χ0v) is 8.64. The largest absolute Gasteiger partial charge is 0.303 e. The highest BCUT2D eigenvalue weighted by molar-refractivity contribution is 5.54. The van der Waals surface area contributed by atoms with E-state index in [4.69, 9.17) is 0 Å². The summed E-state index contributed by atoms with van der Waals surface area (Å²) in [5, 5.41) is 5.57. The molecule has 1 N–H and O–H groups in total. The fourth-order valence-electron chi connectivity index (χ4n) is 1.22. The van der Waals surface area contributed by atoms with Crippen LogP contribution in [-0.2, 0) is 5.92 Å². The van der Waals surface area contributed by atoms with Crippen LogP contribution in [-0.4, -0.2) is 15.2 Å². The lowest BCUT2D eigenvalue weighted by molar-refractivity contribution is 0.00813. The number of nitrogens with one attached hydrogen (secondary N) is 1. The van der Waals surface area contributed by atoms with Crippen LogP contribution in [0, 0.1) is 11.6 Å². The van der Waals surface area contributed by atoms with Crippen LogP contribution < -0.4 is 0 Å². The smallest absolute Gasteiger partial charge is 0.258 e. The van der Waals surface area contributed by atoms with Crippen LogP contribution in [0.3, 0.4) is 0 Å². The highest BCUT2D eigenvalue weighted by atomic mass is 19.3. The van der Waals surface area contributed by atoms with Gasteiger partial charge in [-0.1, -0.05) is 0 Å². The Balaban J connectivity index is 2.40. The van der Waals surface area contributed by atoms with Gasteiger partial charge >= 0.3 is 5.92 Å². The van der Waals surface area contributed by atoms with Crippen molar-refractivity contribution in [1.29, 1.82) is 0 Å². The Kier molecular flexibility index (Phi) is 2.60. The van der Waals surface area contributed by atoms with Crippen molar-refractivity contribution >= 4 is 0 Å². The van der Waals surface area contributed by atoms with Crippen LogP contribution >= 0.6 is 0 Å². The molecule has 0 aliphatic heterocycles. The summed E-state index contributed by atoms with van der Waals surface area (Å²) in [6.07, 6.45) is 0. The van der Waals surface area contributed by atoms with E-state index in [0.29, 0.717) is 6.92 Å². The second-order valence-electron chi connectivity index (χ2n) is 3.52. The first-order valence-electron chi connectivity index (χ1n) is 4.64. The van der Waals surface area contributed by atoms with Crippen LogP contribution in [0.15, 0.2) is 18.2 Å². The molecule has 0 spiro atoms. The van der Waals surface area contributed by atoms with Crippen molar-refractivity contribution in [2.24, 2.45) is 0 Å². The minimum Gasteiger partial charge on any atom is -0.258 e. The standard InChI is InChI=1S/C10H7F4N3/c1-10(13,14)9-15-8(16-17-9)5-2-3-6(11)7(12)4-5/h2-4H,1H3,(H,15,16,17). The molecule has 1 aromatic carbocycles. The predicted octanol–water partition coefficient (Wildman–Crippen LogP) is 2.86. The van der Waals surface area contributed by atoms with Crippen LogP contribution in [0.25, 0.3) is 11.4 Å². The molecule has 3 nitrogen and oxygen atoms in total. The first-order valence-corrected chi connectivity index (χ1v) is 4.64. The summed E-state index contributed by atoms with van der Waals surface area (Å²) in [5.41, 5.74) is 0.121. The maximum Gasteiger partial charge on any atom is 0.303 e. The molecule has 0 atom stereocenters. The van der Waals surface area contributed by atoms with Gasteiger partial charge in [0.2, 0.25) is 0 Å². The van der Waals surface area contributed by atoms with Gasteiger partial charge in [0.05, 0.1) is 0 Å². The molecule has 0 bridgehead atoms. The van der Waals surface area contributed by atoms with Crippen molar-refractivity contribution in [3.8, 4) is 11.4 Å². The van der Waals surface area contributed by atoms with E-state index in [2.05, 4.69) is 15.2 Å². The summed E-state index contributed by atoms with van der Waals surface area (Å²) in [4.78, 5) is 3.52. The fraction of sp³-hybridized carbons (Fsp3) is 0.200. The topological polar surface area (TPSA) is 41.6 Å². The number of aromatic nitrogens is 3. The quantitative estimate of drug-likeness (QED) is 0.826. The Morgan fingerprint density at radius 2 is 1.88 bits per heavy atom. The Hall–Kier alpha value is -1.92. The molecule has 0 radical (unpaired) electrons. The van der Waals surface area contributed by atoms with Crippen molar-refractivity contribution in [3.63, 3.8) is 0 Å². The molecule has 0 saturated carbocycles. The highest BCUT2D eigenvalue weighted by Gasteiger charge is 2.29. The van der Waals surface area contributed by atoms with Gasteiger partial charge in [-0.15, -0.1) is 0 Å². The summed E-state index contributed by atoms with van der Waals surface area (Å²) in [5.74, 6) is -6.01. The monoisotopic (exact) mass is 245 g/mol. The third-order valence-corrected chi connectivity index (χ3v) is 2.08. The van der Waals surface area contributed by atoms with Crippen LogP contribution in [0.4, 0.5) is 17.6 Å². The maximum absolute atomic E-state index is 12.9. The zero-order valence-electron chi connectivity index (χ0n) is 8.64. The van der Waals surface area contributed by atoms with Gasteiger partial charge in [0.1, 0.15) is 0 Å². The highest BCUT2D eigenvalue weighted by Crippen LogP contribution is 2.25. The summed E-state index contributed by atoms with van der Waals surface area (Å²) in [6.45, 7) is 0.655. The number of H-pyrrole nitrogens is 1. The molecule has 1 aromatic heterocycles. The van der Waals surface area contributed by atoms with E-state index in [9.17, 15) is 17.6 Å². The molecule has 7 heteroatoms. The minimum atomic E-state index is -3.16. The second kappa shape index (κ2) is 3.83. The van der Waals surface area contributed by atoms with E-state index in [-0.39, 0.29) is 11.4 Å². The zero-order chi connectivity index (χ0) is 12.6. The SMILES string of the molecule is CC(F)(F)c1nc(-c2ccc(F)c(F)c2)n[nH]1. The summed E-state index contributed by atoms with van der Waals surface area (Å²) >= 11 is 0. The molecule has 0 aliphatic carbocycles. The number of halogens is 4. The van der Waals surface area contributed by atoms with Crippen molar-refractivity contribution in [2.75, 3.05) is 0 Å². The number of hydrogen-bond donors (Lipinski definition) is 1. The average molecular weight is 245 g/mol. The lowest BCUT2D eigenvalue weighted by atomic mass is 10.2. The van der Waals surface area contributed by atoms with Crippen LogP contribution in [0.1, 0.15) is 12.7 Å². The van der Waals surface area contributed by atoms with E-state index in [1.54, 1.807) is 0 Å². The van der Waals surface area contributed by atoms with E-state index < -0.39 is 23.4 Å². The van der Waals surface area contributed by atoms with Crippen LogP contribution in [0.5, 0.6) is 0 Å².